The monoisotopic (exact) mass is 250 g/mol. The van der Waals surface area contributed by atoms with E-state index in [1.165, 1.54) is 0 Å². The van der Waals surface area contributed by atoms with E-state index in [1.807, 2.05) is 24.4 Å². The third-order valence-corrected chi connectivity index (χ3v) is 2.83. The Morgan fingerprint density at radius 2 is 2.22 bits per heavy atom. The highest BCUT2D eigenvalue weighted by Gasteiger charge is 2.02. The topological polar surface area (TPSA) is 71.2 Å². The fraction of sp³-hybridized carbons (Fsp3) is 0.538. The van der Waals surface area contributed by atoms with Crippen LogP contribution in [-0.2, 0) is 11.2 Å². The van der Waals surface area contributed by atoms with Gasteiger partial charge in [-0.3, -0.25) is 15.2 Å². The Kier molecular flexibility index (Phi) is 6.98. The van der Waals surface area contributed by atoms with Gasteiger partial charge in [-0.05, 0) is 38.6 Å². The highest BCUT2D eigenvalue weighted by Crippen LogP contribution is 2.00. The normalized spacial score (nSPS) is 10.6. The number of amides is 1. The first kappa shape index (κ1) is 14.6. The van der Waals surface area contributed by atoms with Gasteiger partial charge in [0, 0.05) is 31.3 Å². The second-order valence-electron chi connectivity index (χ2n) is 4.40. The van der Waals surface area contributed by atoms with E-state index in [1.54, 1.807) is 0 Å². The van der Waals surface area contributed by atoms with Crippen LogP contribution < -0.4 is 11.3 Å². The summed E-state index contributed by atoms with van der Waals surface area (Å²) in [7, 11) is 2.09. The highest BCUT2D eigenvalue weighted by molar-refractivity contribution is 5.75. The summed E-state index contributed by atoms with van der Waals surface area (Å²) in [6.45, 7) is 1.98. The average Bonchev–Trinajstić information content (AvgIpc) is 2.42. The third kappa shape index (κ3) is 6.32. The zero-order valence-corrected chi connectivity index (χ0v) is 10.9. The lowest BCUT2D eigenvalue weighted by Gasteiger charge is -2.15. The maximum atomic E-state index is 10.9. The quantitative estimate of drug-likeness (QED) is 0.308. The second-order valence-corrected chi connectivity index (χ2v) is 4.40. The van der Waals surface area contributed by atoms with Gasteiger partial charge in [-0.25, -0.2) is 5.84 Å². The maximum Gasteiger partial charge on any atom is 0.233 e. The number of carbonyl (C=O) groups excluding carboxylic acids is 1. The lowest BCUT2D eigenvalue weighted by Crippen LogP contribution is -2.30. The van der Waals surface area contributed by atoms with Gasteiger partial charge >= 0.3 is 0 Å². The fourth-order valence-electron chi connectivity index (χ4n) is 1.70. The molecule has 0 aromatic carbocycles. The predicted molar refractivity (Wildman–Crippen MR) is 71.6 cm³/mol. The Morgan fingerprint density at radius 1 is 1.39 bits per heavy atom. The van der Waals surface area contributed by atoms with E-state index in [0.29, 0.717) is 6.42 Å². The molecule has 18 heavy (non-hydrogen) atoms. The van der Waals surface area contributed by atoms with Crippen molar-refractivity contribution < 1.29 is 4.79 Å². The van der Waals surface area contributed by atoms with Crippen molar-refractivity contribution in [3.05, 3.63) is 30.1 Å². The number of likely N-dealkylation sites (N-methyl/N-ethyl adjacent to an activating group) is 1. The number of pyridine rings is 1. The first-order valence-electron chi connectivity index (χ1n) is 6.30. The van der Waals surface area contributed by atoms with E-state index in [0.717, 1.165) is 38.0 Å². The Hall–Kier alpha value is -1.46. The molecule has 1 heterocycles. The summed E-state index contributed by atoms with van der Waals surface area (Å²) in [5, 5.41) is 0. The Morgan fingerprint density at radius 3 is 2.89 bits per heavy atom. The SMILES string of the molecule is CN(CCCCC(=O)NN)CCc1ccccn1. The van der Waals surface area contributed by atoms with Crippen LogP contribution in [0.15, 0.2) is 24.4 Å². The molecule has 1 amide bonds. The van der Waals surface area contributed by atoms with Crippen molar-refractivity contribution in [1.82, 2.24) is 15.3 Å². The van der Waals surface area contributed by atoms with Crippen LogP contribution >= 0.6 is 0 Å². The molecule has 1 rings (SSSR count). The zero-order valence-electron chi connectivity index (χ0n) is 10.9. The molecule has 0 saturated heterocycles. The predicted octanol–water partition coefficient (Wildman–Crippen LogP) is 0.716. The molecule has 0 unspecified atom stereocenters. The molecular weight excluding hydrogens is 228 g/mol. The van der Waals surface area contributed by atoms with Gasteiger partial charge in [0.1, 0.15) is 0 Å². The molecule has 0 radical (unpaired) electrons. The van der Waals surface area contributed by atoms with Gasteiger partial charge in [0.25, 0.3) is 0 Å². The number of rotatable bonds is 8. The van der Waals surface area contributed by atoms with Crippen molar-refractivity contribution >= 4 is 5.91 Å². The Labute approximate surface area is 108 Å². The summed E-state index contributed by atoms with van der Waals surface area (Å²) in [6.07, 6.45) is 5.16. The van der Waals surface area contributed by atoms with Gasteiger partial charge in [-0.15, -0.1) is 0 Å². The van der Waals surface area contributed by atoms with Gasteiger partial charge in [-0.2, -0.15) is 0 Å². The number of hydrogen-bond donors (Lipinski definition) is 2. The molecule has 0 aliphatic rings. The number of hydrazine groups is 1. The van der Waals surface area contributed by atoms with Crippen molar-refractivity contribution in [3.8, 4) is 0 Å². The van der Waals surface area contributed by atoms with Crippen molar-refractivity contribution in [2.24, 2.45) is 5.84 Å². The molecule has 0 atom stereocenters. The molecule has 0 aliphatic carbocycles. The summed E-state index contributed by atoms with van der Waals surface area (Å²) in [4.78, 5) is 17.5. The number of unbranched alkanes of at least 4 members (excludes halogenated alkanes) is 1. The molecule has 0 fully saturated rings. The Balaban J connectivity index is 2.07. The minimum absolute atomic E-state index is 0.0915. The molecule has 100 valence electrons. The van der Waals surface area contributed by atoms with Crippen LogP contribution in [0.4, 0.5) is 0 Å². The maximum absolute atomic E-state index is 10.9. The van der Waals surface area contributed by atoms with E-state index in [2.05, 4.69) is 22.4 Å². The van der Waals surface area contributed by atoms with Gasteiger partial charge < -0.3 is 4.90 Å². The molecule has 5 heteroatoms. The number of hydrogen-bond acceptors (Lipinski definition) is 4. The molecule has 0 bridgehead atoms. The average molecular weight is 250 g/mol. The van der Waals surface area contributed by atoms with Gasteiger partial charge in [-0.1, -0.05) is 6.07 Å². The van der Waals surface area contributed by atoms with Crippen molar-refractivity contribution in [2.75, 3.05) is 20.1 Å². The second kappa shape index (κ2) is 8.60. The summed E-state index contributed by atoms with van der Waals surface area (Å²) >= 11 is 0. The first-order valence-corrected chi connectivity index (χ1v) is 6.30. The molecule has 0 spiro atoms. The van der Waals surface area contributed by atoms with Crippen LogP contribution in [0.5, 0.6) is 0 Å². The summed E-state index contributed by atoms with van der Waals surface area (Å²) in [6, 6.07) is 5.98. The van der Waals surface area contributed by atoms with Gasteiger partial charge in [0.2, 0.25) is 5.91 Å². The number of nitrogens with one attached hydrogen (secondary N) is 1. The smallest absolute Gasteiger partial charge is 0.233 e. The lowest BCUT2D eigenvalue weighted by atomic mass is 10.2. The molecule has 1 aromatic heterocycles. The van der Waals surface area contributed by atoms with Crippen molar-refractivity contribution in [3.63, 3.8) is 0 Å². The molecule has 1 aromatic rings. The van der Waals surface area contributed by atoms with Crippen molar-refractivity contribution in [2.45, 2.75) is 25.7 Å². The number of nitrogens with two attached hydrogens (primary N) is 1. The standard InChI is InChI=1S/C13H22N4O/c1-17(10-5-3-7-13(18)16-14)11-8-12-6-2-4-9-15-12/h2,4,6,9H,3,5,7-8,10-11,14H2,1H3,(H,16,18). The number of nitrogens with zero attached hydrogens (tertiary/aromatic N) is 2. The van der Waals surface area contributed by atoms with Crippen LogP contribution in [0.2, 0.25) is 0 Å². The summed E-state index contributed by atoms with van der Waals surface area (Å²) < 4.78 is 0. The van der Waals surface area contributed by atoms with Crippen LogP contribution in [-0.4, -0.2) is 35.9 Å². The minimum Gasteiger partial charge on any atom is -0.306 e. The van der Waals surface area contributed by atoms with Gasteiger partial charge in [0.05, 0.1) is 0 Å². The number of aromatic nitrogens is 1. The van der Waals surface area contributed by atoms with Crippen molar-refractivity contribution in [1.29, 1.82) is 0 Å². The van der Waals surface area contributed by atoms with Gasteiger partial charge in [0.15, 0.2) is 0 Å². The fourth-order valence-corrected chi connectivity index (χ4v) is 1.70. The highest BCUT2D eigenvalue weighted by atomic mass is 16.2. The first-order chi connectivity index (χ1) is 8.72. The van der Waals surface area contributed by atoms with E-state index >= 15 is 0 Å². The third-order valence-electron chi connectivity index (χ3n) is 2.83. The van der Waals surface area contributed by atoms with E-state index in [4.69, 9.17) is 5.84 Å². The van der Waals surface area contributed by atoms with E-state index < -0.39 is 0 Å². The van der Waals surface area contributed by atoms with Crippen LogP contribution in [0.1, 0.15) is 25.0 Å². The van der Waals surface area contributed by atoms with E-state index in [9.17, 15) is 4.79 Å². The lowest BCUT2D eigenvalue weighted by molar-refractivity contribution is -0.121. The molecule has 0 aliphatic heterocycles. The Bertz CT molecular complexity index is 342. The minimum atomic E-state index is -0.0915. The van der Waals surface area contributed by atoms with Crippen LogP contribution in [0.3, 0.4) is 0 Å². The molecule has 5 nitrogen and oxygen atoms in total. The zero-order chi connectivity index (χ0) is 13.2. The molecule has 0 saturated carbocycles. The summed E-state index contributed by atoms with van der Waals surface area (Å²) in [5.41, 5.74) is 3.26. The van der Waals surface area contributed by atoms with Crippen LogP contribution in [0, 0.1) is 0 Å². The van der Waals surface area contributed by atoms with Crippen LogP contribution in [0.25, 0.3) is 0 Å². The summed E-state index contributed by atoms with van der Waals surface area (Å²) in [5.74, 6) is 4.92. The van der Waals surface area contributed by atoms with E-state index in [-0.39, 0.29) is 5.91 Å². The molecule has 3 N–H and O–H groups in total. The largest absolute Gasteiger partial charge is 0.306 e. The molecular formula is C13H22N4O. The number of carbonyl (C=O) groups is 1.